The number of hydrogen-bond donors (Lipinski definition) is 1. The molecular formula is C29H27NO7. The van der Waals surface area contributed by atoms with Crippen LogP contribution < -0.4 is 9.47 Å². The van der Waals surface area contributed by atoms with Crippen LogP contribution in [0.2, 0.25) is 0 Å². The fourth-order valence-corrected chi connectivity index (χ4v) is 4.41. The number of aliphatic hydroxyl groups excluding tert-OH is 1. The lowest BCUT2D eigenvalue weighted by Gasteiger charge is -2.26. The minimum absolute atomic E-state index is 0.00499. The molecule has 1 aliphatic heterocycles. The maximum atomic E-state index is 13.3. The average Bonchev–Trinajstić information content (AvgIpc) is 3.17. The molecule has 1 atom stereocenters. The second kappa shape index (κ2) is 10.6. The Hall–Kier alpha value is -4.59. The Kier molecular flexibility index (Phi) is 7.29. The number of benzene rings is 3. The maximum absolute atomic E-state index is 13.3. The summed E-state index contributed by atoms with van der Waals surface area (Å²) >= 11 is 0. The van der Waals surface area contributed by atoms with Gasteiger partial charge in [0, 0.05) is 12.1 Å². The van der Waals surface area contributed by atoms with Crippen molar-refractivity contribution in [3.63, 3.8) is 0 Å². The van der Waals surface area contributed by atoms with Crippen molar-refractivity contribution in [2.45, 2.75) is 19.5 Å². The fourth-order valence-electron chi connectivity index (χ4n) is 4.41. The van der Waals surface area contributed by atoms with Crippen LogP contribution in [-0.4, -0.2) is 49.0 Å². The molecule has 1 heterocycles. The van der Waals surface area contributed by atoms with Crippen molar-refractivity contribution in [1.29, 1.82) is 0 Å². The highest BCUT2D eigenvalue weighted by atomic mass is 16.5. The molecule has 0 aliphatic carbocycles. The number of esters is 1. The molecule has 3 aromatic rings. The normalized spacial score (nSPS) is 16.5. The maximum Gasteiger partial charge on any atom is 0.337 e. The van der Waals surface area contributed by atoms with Crippen LogP contribution in [0.25, 0.3) is 5.76 Å². The molecular weight excluding hydrogens is 474 g/mol. The van der Waals surface area contributed by atoms with Gasteiger partial charge in [-0.05, 0) is 66.1 Å². The van der Waals surface area contributed by atoms with Crippen molar-refractivity contribution in [1.82, 2.24) is 4.90 Å². The van der Waals surface area contributed by atoms with Gasteiger partial charge in [0.25, 0.3) is 11.7 Å². The highest BCUT2D eigenvalue weighted by Crippen LogP contribution is 2.41. The van der Waals surface area contributed by atoms with Gasteiger partial charge in [-0.3, -0.25) is 9.59 Å². The van der Waals surface area contributed by atoms with E-state index in [2.05, 4.69) is 0 Å². The molecule has 1 saturated heterocycles. The van der Waals surface area contributed by atoms with Gasteiger partial charge in [0.2, 0.25) is 0 Å². The zero-order valence-electron chi connectivity index (χ0n) is 21.0. The number of carbonyl (C=O) groups is 3. The highest BCUT2D eigenvalue weighted by molar-refractivity contribution is 6.46. The number of ether oxygens (including phenoxy) is 3. The van der Waals surface area contributed by atoms with E-state index in [1.54, 1.807) is 87.9 Å². The summed E-state index contributed by atoms with van der Waals surface area (Å²) in [5, 5.41) is 11.4. The third-order valence-corrected chi connectivity index (χ3v) is 6.39. The van der Waals surface area contributed by atoms with Crippen molar-refractivity contribution >= 4 is 23.4 Å². The molecule has 1 fully saturated rings. The molecule has 37 heavy (non-hydrogen) atoms. The van der Waals surface area contributed by atoms with Crippen LogP contribution in [0.15, 0.2) is 72.3 Å². The molecule has 1 amide bonds. The van der Waals surface area contributed by atoms with E-state index in [9.17, 15) is 19.5 Å². The number of likely N-dealkylation sites (tertiary alicyclic amines) is 1. The minimum Gasteiger partial charge on any atom is -0.507 e. The molecule has 190 valence electrons. The van der Waals surface area contributed by atoms with E-state index in [-0.39, 0.29) is 17.9 Å². The van der Waals surface area contributed by atoms with Crippen molar-refractivity contribution in [2.24, 2.45) is 0 Å². The number of aryl methyl sites for hydroxylation is 1. The first-order chi connectivity index (χ1) is 17.8. The molecule has 1 unspecified atom stereocenters. The van der Waals surface area contributed by atoms with Crippen LogP contribution in [0, 0.1) is 6.92 Å². The van der Waals surface area contributed by atoms with E-state index in [4.69, 9.17) is 14.2 Å². The van der Waals surface area contributed by atoms with E-state index in [0.717, 1.165) is 0 Å². The topological polar surface area (TPSA) is 102 Å². The van der Waals surface area contributed by atoms with E-state index in [0.29, 0.717) is 39.3 Å². The van der Waals surface area contributed by atoms with Gasteiger partial charge < -0.3 is 24.2 Å². The Morgan fingerprint density at radius 1 is 0.892 bits per heavy atom. The highest BCUT2D eigenvalue weighted by Gasteiger charge is 2.46. The van der Waals surface area contributed by atoms with Gasteiger partial charge in [0.15, 0.2) is 0 Å². The molecule has 0 radical (unpaired) electrons. The molecule has 3 aromatic carbocycles. The number of ketones is 1. The third-order valence-electron chi connectivity index (χ3n) is 6.39. The van der Waals surface area contributed by atoms with Crippen molar-refractivity contribution in [3.8, 4) is 11.5 Å². The summed E-state index contributed by atoms with van der Waals surface area (Å²) in [7, 11) is 4.39. The van der Waals surface area contributed by atoms with Gasteiger partial charge >= 0.3 is 5.97 Å². The van der Waals surface area contributed by atoms with Gasteiger partial charge in [-0.25, -0.2) is 4.79 Å². The number of aliphatic hydroxyl groups is 1. The lowest BCUT2D eigenvalue weighted by atomic mass is 9.93. The second-order valence-corrected chi connectivity index (χ2v) is 8.57. The van der Waals surface area contributed by atoms with Crippen LogP contribution in [0.1, 0.15) is 38.7 Å². The van der Waals surface area contributed by atoms with Crippen LogP contribution in [0.3, 0.4) is 0 Å². The first-order valence-electron chi connectivity index (χ1n) is 11.5. The van der Waals surface area contributed by atoms with Gasteiger partial charge in [-0.15, -0.1) is 0 Å². The lowest BCUT2D eigenvalue weighted by Crippen LogP contribution is -2.29. The summed E-state index contributed by atoms with van der Waals surface area (Å²) in [6.45, 7) is 1.87. The van der Waals surface area contributed by atoms with E-state index in [1.165, 1.54) is 12.0 Å². The SMILES string of the molecule is COC(=O)c1ccc(CN2C(=O)C(=O)/C(=C(\O)c3ccc(OC)cc3C)C2c2ccc(OC)cc2)cc1. The van der Waals surface area contributed by atoms with Crippen LogP contribution in [0.5, 0.6) is 11.5 Å². The monoisotopic (exact) mass is 501 g/mol. The number of hydrogen-bond acceptors (Lipinski definition) is 7. The summed E-state index contributed by atoms with van der Waals surface area (Å²) in [6, 6.07) is 17.8. The van der Waals surface area contributed by atoms with Crippen molar-refractivity contribution in [3.05, 3.63) is 100 Å². The Balaban J connectivity index is 1.81. The Labute approximate surface area is 214 Å². The largest absolute Gasteiger partial charge is 0.507 e. The van der Waals surface area contributed by atoms with E-state index < -0.39 is 23.7 Å². The molecule has 0 aromatic heterocycles. The predicted molar refractivity (Wildman–Crippen MR) is 136 cm³/mol. The van der Waals surface area contributed by atoms with Gasteiger partial charge in [0.05, 0.1) is 38.5 Å². The van der Waals surface area contributed by atoms with Gasteiger partial charge in [-0.2, -0.15) is 0 Å². The Bertz CT molecular complexity index is 1370. The molecule has 1 N–H and O–H groups in total. The van der Waals surface area contributed by atoms with Crippen molar-refractivity contribution in [2.75, 3.05) is 21.3 Å². The molecule has 4 rings (SSSR count). The average molecular weight is 502 g/mol. The smallest absolute Gasteiger partial charge is 0.337 e. The number of carbonyl (C=O) groups excluding carboxylic acids is 3. The van der Waals surface area contributed by atoms with E-state index >= 15 is 0 Å². The number of Topliss-reactive ketones (excluding diaryl/α,β-unsaturated/α-hetero) is 1. The zero-order valence-corrected chi connectivity index (χ0v) is 21.0. The first-order valence-corrected chi connectivity index (χ1v) is 11.5. The fraction of sp³-hybridized carbons (Fsp3) is 0.207. The third kappa shape index (κ3) is 4.91. The number of methoxy groups -OCH3 is 3. The standard InChI is InChI=1S/C29H27NO7/c1-17-15-22(36-3)13-14-23(17)26(31)24-25(19-9-11-21(35-2)12-10-19)30(28(33)27(24)32)16-18-5-7-20(8-6-18)29(34)37-4/h5-15,25,31H,16H2,1-4H3/b26-24-. The second-order valence-electron chi connectivity index (χ2n) is 8.57. The van der Waals surface area contributed by atoms with Crippen LogP contribution >= 0.6 is 0 Å². The summed E-state index contributed by atoms with van der Waals surface area (Å²) in [5.41, 5.74) is 2.83. The van der Waals surface area contributed by atoms with Gasteiger partial charge in [-0.1, -0.05) is 24.3 Å². The molecule has 8 nitrogen and oxygen atoms in total. The summed E-state index contributed by atoms with van der Waals surface area (Å²) in [4.78, 5) is 39.8. The predicted octanol–water partition coefficient (Wildman–Crippen LogP) is 4.42. The first kappa shape index (κ1) is 25.5. The molecule has 0 spiro atoms. The van der Waals surface area contributed by atoms with Gasteiger partial charge in [0.1, 0.15) is 17.3 Å². The Morgan fingerprint density at radius 3 is 2.08 bits per heavy atom. The minimum atomic E-state index is -0.840. The summed E-state index contributed by atoms with van der Waals surface area (Å²) in [6.07, 6.45) is 0. The Morgan fingerprint density at radius 2 is 1.51 bits per heavy atom. The molecule has 0 bridgehead atoms. The van der Waals surface area contributed by atoms with Crippen molar-refractivity contribution < 1.29 is 33.7 Å². The molecule has 0 saturated carbocycles. The van der Waals surface area contributed by atoms with Crippen LogP contribution in [0.4, 0.5) is 0 Å². The number of amides is 1. The van der Waals surface area contributed by atoms with Crippen LogP contribution in [-0.2, 0) is 20.9 Å². The summed E-state index contributed by atoms with van der Waals surface area (Å²) in [5.74, 6) is -1.02. The molecule has 8 heteroatoms. The molecule has 1 aliphatic rings. The lowest BCUT2D eigenvalue weighted by molar-refractivity contribution is -0.140. The van der Waals surface area contributed by atoms with E-state index in [1.807, 2.05) is 0 Å². The number of nitrogens with zero attached hydrogens (tertiary/aromatic N) is 1. The zero-order chi connectivity index (χ0) is 26.7. The number of rotatable bonds is 7. The summed E-state index contributed by atoms with van der Waals surface area (Å²) < 4.78 is 15.3. The quantitative estimate of drug-likeness (QED) is 0.221.